The standard InChI is InChI=1S/C12H13N3O3/c1-2-18-12(17)10(15-13)11(16)14-8-9-6-4-3-5-7-9/h3-7H,2,8H2,1H3,(H,14,16). The third-order valence-corrected chi connectivity index (χ3v) is 2.08. The fraction of sp³-hybridized carbons (Fsp3) is 0.250. The molecular weight excluding hydrogens is 234 g/mol. The summed E-state index contributed by atoms with van der Waals surface area (Å²) in [6.45, 7) is 1.93. The Kier molecular flexibility index (Phi) is 5.28. The van der Waals surface area contributed by atoms with Gasteiger partial charge in [-0.25, -0.2) is 4.79 Å². The molecule has 6 heteroatoms. The van der Waals surface area contributed by atoms with Gasteiger partial charge in [-0.2, -0.15) is 4.79 Å². The van der Waals surface area contributed by atoms with Gasteiger partial charge in [0.1, 0.15) is 0 Å². The van der Waals surface area contributed by atoms with Crippen molar-refractivity contribution in [1.29, 1.82) is 0 Å². The van der Waals surface area contributed by atoms with E-state index in [0.29, 0.717) is 0 Å². The number of rotatable bonds is 5. The number of carbonyl (C=O) groups excluding carboxylic acids is 2. The van der Waals surface area contributed by atoms with Gasteiger partial charge < -0.3 is 15.6 Å². The van der Waals surface area contributed by atoms with Gasteiger partial charge in [-0.15, -0.1) is 0 Å². The van der Waals surface area contributed by atoms with Crippen molar-refractivity contribution in [2.45, 2.75) is 13.5 Å². The van der Waals surface area contributed by atoms with Gasteiger partial charge in [-0.05, 0) is 12.5 Å². The quantitative estimate of drug-likeness (QED) is 0.270. The van der Waals surface area contributed by atoms with Crippen LogP contribution in [-0.2, 0) is 20.9 Å². The third-order valence-electron chi connectivity index (χ3n) is 2.08. The lowest BCUT2D eigenvalue weighted by molar-refractivity contribution is -0.142. The summed E-state index contributed by atoms with van der Waals surface area (Å²) in [5, 5.41) is 2.46. The van der Waals surface area contributed by atoms with Crippen molar-refractivity contribution in [3.63, 3.8) is 0 Å². The fourth-order valence-corrected chi connectivity index (χ4v) is 1.24. The van der Waals surface area contributed by atoms with Crippen LogP contribution in [0.3, 0.4) is 0 Å². The molecule has 94 valence electrons. The van der Waals surface area contributed by atoms with Crippen LogP contribution < -0.4 is 5.32 Å². The van der Waals surface area contributed by atoms with E-state index in [4.69, 9.17) is 5.53 Å². The van der Waals surface area contributed by atoms with E-state index in [1.165, 1.54) is 0 Å². The van der Waals surface area contributed by atoms with Crippen LogP contribution in [0.4, 0.5) is 0 Å². The Hall–Kier alpha value is -2.46. The number of esters is 1. The summed E-state index contributed by atoms with van der Waals surface area (Å²) >= 11 is 0. The summed E-state index contributed by atoms with van der Waals surface area (Å²) in [6.07, 6.45) is 0. The average Bonchev–Trinajstić information content (AvgIpc) is 2.39. The van der Waals surface area contributed by atoms with Crippen LogP contribution in [0.15, 0.2) is 30.3 Å². The van der Waals surface area contributed by atoms with Gasteiger partial charge >= 0.3 is 17.6 Å². The van der Waals surface area contributed by atoms with E-state index in [-0.39, 0.29) is 13.2 Å². The Morgan fingerprint density at radius 3 is 2.56 bits per heavy atom. The molecule has 1 aromatic carbocycles. The zero-order valence-corrected chi connectivity index (χ0v) is 9.92. The molecule has 0 heterocycles. The highest BCUT2D eigenvalue weighted by atomic mass is 16.5. The molecule has 0 saturated carbocycles. The molecule has 18 heavy (non-hydrogen) atoms. The Morgan fingerprint density at radius 2 is 2.00 bits per heavy atom. The van der Waals surface area contributed by atoms with E-state index in [2.05, 4.69) is 14.8 Å². The molecule has 0 aliphatic rings. The van der Waals surface area contributed by atoms with E-state index >= 15 is 0 Å². The first kappa shape index (κ1) is 13.6. The number of carbonyl (C=O) groups is 2. The molecule has 0 radical (unpaired) electrons. The summed E-state index contributed by atoms with van der Waals surface area (Å²) in [5.74, 6) is -1.73. The van der Waals surface area contributed by atoms with Crippen LogP contribution in [-0.4, -0.2) is 29.0 Å². The van der Waals surface area contributed by atoms with E-state index in [9.17, 15) is 9.59 Å². The maximum atomic E-state index is 11.6. The van der Waals surface area contributed by atoms with Crippen LogP contribution in [0, 0.1) is 0 Å². The molecule has 1 aromatic rings. The molecule has 0 aliphatic heterocycles. The first-order valence-corrected chi connectivity index (χ1v) is 5.40. The summed E-state index contributed by atoms with van der Waals surface area (Å²) in [7, 11) is 0. The van der Waals surface area contributed by atoms with Gasteiger partial charge in [0.25, 0.3) is 0 Å². The summed E-state index contributed by atoms with van der Waals surface area (Å²) in [5.41, 5.74) is 8.83. The summed E-state index contributed by atoms with van der Waals surface area (Å²) in [4.78, 5) is 25.5. The third kappa shape index (κ3) is 3.84. The molecule has 0 bridgehead atoms. The topological polar surface area (TPSA) is 91.8 Å². The minimum absolute atomic E-state index is 0.101. The highest BCUT2D eigenvalue weighted by molar-refractivity contribution is 6.61. The Bertz CT molecular complexity index is 479. The van der Waals surface area contributed by atoms with Gasteiger partial charge in [0.15, 0.2) is 0 Å². The molecule has 0 aromatic heterocycles. The summed E-state index contributed by atoms with van der Waals surface area (Å²) in [6, 6.07) is 9.15. The highest BCUT2D eigenvalue weighted by Crippen LogP contribution is 1.97. The van der Waals surface area contributed by atoms with E-state index in [1.54, 1.807) is 6.92 Å². The Morgan fingerprint density at radius 1 is 1.33 bits per heavy atom. The van der Waals surface area contributed by atoms with Gasteiger partial charge in [-0.3, -0.25) is 4.79 Å². The largest absolute Gasteiger partial charge is 0.462 e. The predicted molar refractivity (Wildman–Crippen MR) is 63.5 cm³/mol. The highest BCUT2D eigenvalue weighted by Gasteiger charge is 2.30. The molecule has 1 rings (SSSR count). The molecule has 1 amide bonds. The minimum Gasteiger partial charge on any atom is -0.457 e. The van der Waals surface area contributed by atoms with Crippen molar-refractivity contribution in [3.05, 3.63) is 41.4 Å². The molecule has 6 nitrogen and oxygen atoms in total. The molecular formula is C12H13N3O3. The van der Waals surface area contributed by atoms with Crippen LogP contribution in [0.25, 0.3) is 5.53 Å². The van der Waals surface area contributed by atoms with Gasteiger partial charge in [0, 0.05) is 6.54 Å². The molecule has 0 atom stereocenters. The maximum absolute atomic E-state index is 11.6. The molecule has 0 unspecified atom stereocenters. The average molecular weight is 247 g/mol. The number of nitrogens with zero attached hydrogens (tertiary/aromatic N) is 2. The first-order chi connectivity index (χ1) is 8.69. The lowest BCUT2D eigenvalue weighted by Gasteiger charge is -2.02. The fourth-order valence-electron chi connectivity index (χ4n) is 1.24. The Labute approximate surface area is 104 Å². The number of amides is 1. The second kappa shape index (κ2) is 6.98. The lowest BCUT2D eigenvalue weighted by atomic mass is 10.2. The number of benzene rings is 1. The number of nitrogens with one attached hydrogen (secondary N) is 1. The SMILES string of the molecule is CCOC(=O)C(=[N+]=[N-])C(=O)NCc1ccccc1. The van der Waals surface area contributed by atoms with Crippen molar-refractivity contribution >= 4 is 17.6 Å². The zero-order chi connectivity index (χ0) is 13.4. The van der Waals surface area contributed by atoms with Crippen molar-refractivity contribution in [1.82, 2.24) is 5.32 Å². The van der Waals surface area contributed by atoms with E-state index in [1.807, 2.05) is 30.3 Å². The van der Waals surface area contributed by atoms with Crippen molar-refractivity contribution in [3.8, 4) is 0 Å². The number of hydrogen-bond acceptors (Lipinski definition) is 3. The van der Waals surface area contributed by atoms with E-state index in [0.717, 1.165) is 5.56 Å². The van der Waals surface area contributed by atoms with Crippen molar-refractivity contribution in [2.24, 2.45) is 0 Å². The van der Waals surface area contributed by atoms with Gasteiger partial charge in [0.2, 0.25) is 0 Å². The molecule has 0 aliphatic carbocycles. The number of ether oxygens (including phenoxy) is 1. The Balaban J connectivity index is 2.59. The van der Waals surface area contributed by atoms with Gasteiger partial charge in [-0.1, -0.05) is 30.3 Å². The lowest BCUT2D eigenvalue weighted by Crippen LogP contribution is -2.37. The normalized spacial score (nSPS) is 9.17. The van der Waals surface area contributed by atoms with Crippen LogP contribution in [0.1, 0.15) is 12.5 Å². The van der Waals surface area contributed by atoms with Crippen LogP contribution >= 0.6 is 0 Å². The second-order valence-electron chi connectivity index (χ2n) is 3.34. The summed E-state index contributed by atoms with van der Waals surface area (Å²) < 4.78 is 4.58. The maximum Gasteiger partial charge on any atom is 0.462 e. The molecule has 0 saturated heterocycles. The minimum atomic E-state index is -0.953. The van der Waals surface area contributed by atoms with Crippen LogP contribution in [0.2, 0.25) is 0 Å². The molecule has 1 N–H and O–H groups in total. The second-order valence-corrected chi connectivity index (χ2v) is 3.34. The van der Waals surface area contributed by atoms with Crippen LogP contribution in [0.5, 0.6) is 0 Å². The predicted octanol–water partition coefficient (Wildman–Crippen LogP) is 0.537. The van der Waals surface area contributed by atoms with E-state index < -0.39 is 17.6 Å². The zero-order valence-electron chi connectivity index (χ0n) is 9.92. The molecule has 0 spiro atoms. The smallest absolute Gasteiger partial charge is 0.457 e. The first-order valence-electron chi connectivity index (χ1n) is 5.40. The van der Waals surface area contributed by atoms with Crippen molar-refractivity contribution in [2.75, 3.05) is 6.61 Å². The van der Waals surface area contributed by atoms with Gasteiger partial charge in [0.05, 0.1) is 6.61 Å². The number of hydrogen-bond donors (Lipinski definition) is 1. The van der Waals surface area contributed by atoms with Crippen molar-refractivity contribution < 1.29 is 19.1 Å². The molecule has 0 fully saturated rings. The monoisotopic (exact) mass is 247 g/mol.